The number of hydrogen-bond acceptors (Lipinski definition) is 6. The number of benzene rings is 1. The molecule has 6 nitrogen and oxygen atoms in total. The van der Waals surface area contributed by atoms with Crippen molar-refractivity contribution in [2.45, 2.75) is 6.42 Å². The van der Waals surface area contributed by atoms with Gasteiger partial charge in [0.25, 0.3) is 0 Å². The summed E-state index contributed by atoms with van der Waals surface area (Å²) in [7, 11) is 0. The predicted molar refractivity (Wildman–Crippen MR) is 77.9 cm³/mol. The number of nitrogen functional groups attached to an aromatic ring is 2. The summed E-state index contributed by atoms with van der Waals surface area (Å²) in [4.78, 5) is 7.96. The first-order valence-corrected chi connectivity index (χ1v) is 6.68. The van der Waals surface area contributed by atoms with Crippen molar-refractivity contribution in [3.8, 4) is 23.1 Å². The van der Waals surface area contributed by atoms with Crippen LogP contribution < -0.4 is 16.2 Å². The van der Waals surface area contributed by atoms with E-state index in [4.69, 9.17) is 16.2 Å². The Labute approximate surface area is 123 Å². The Kier molecular flexibility index (Phi) is 2.95. The van der Waals surface area contributed by atoms with E-state index in [0.29, 0.717) is 12.3 Å². The summed E-state index contributed by atoms with van der Waals surface area (Å²) in [5.41, 5.74) is 13.8. The van der Waals surface area contributed by atoms with Gasteiger partial charge in [-0.15, -0.1) is 0 Å². The molecule has 4 N–H and O–H groups in total. The number of halogens is 1. The summed E-state index contributed by atoms with van der Waals surface area (Å²) in [6, 6.07) is 5.80. The number of nitrogens with two attached hydrogens (primary N) is 2. The fourth-order valence-electron chi connectivity index (χ4n) is 2.21. The van der Waals surface area contributed by atoms with Gasteiger partial charge in [0, 0.05) is 12.0 Å². The molecular formula is C13H10BrN5O. The molecular weight excluding hydrogens is 322 g/mol. The molecule has 0 saturated carbocycles. The van der Waals surface area contributed by atoms with Crippen molar-refractivity contribution in [3.05, 3.63) is 27.7 Å². The second-order valence-corrected chi connectivity index (χ2v) is 5.20. The molecule has 1 aliphatic rings. The molecule has 0 amide bonds. The maximum atomic E-state index is 9.23. The van der Waals surface area contributed by atoms with Crippen molar-refractivity contribution in [1.29, 1.82) is 5.26 Å². The summed E-state index contributed by atoms with van der Waals surface area (Å²) in [5, 5.41) is 9.23. The van der Waals surface area contributed by atoms with Crippen molar-refractivity contribution in [2.75, 3.05) is 18.1 Å². The van der Waals surface area contributed by atoms with E-state index in [9.17, 15) is 5.26 Å². The van der Waals surface area contributed by atoms with E-state index in [0.717, 1.165) is 27.8 Å². The van der Waals surface area contributed by atoms with Crippen LogP contribution in [0.2, 0.25) is 0 Å². The molecule has 20 heavy (non-hydrogen) atoms. The zero-order valence-corrected chi connectivity index (χ0v) is 11.9. The van der Waals surface area contributed by atoms with Crippen LogP contribution in [-0.2, 0) is 6.42 Å². The number of nitriles is 1. The highest BCUT2D eigenvalue weighted by Crippen LogP contribution is 2.38. The topological polar surface area (TPSA) is 111 Å². The Balaban J connectivity index is 2.25. The standard InChI is InChI=1S/C13H10BrN5O/c14-9-4-7(3-6-1-2-20-11(6)9)10-8(5-15)12(16)19-13(17)18-10/h3-4H,1-2H2,(H4,16,17,18,19). The van der Waals surface area contributed by atoms with Crippen molar-refractivity contribution in [3.63, 3.8) is 0 Å². The van der Waals surface area contributed by atoms with Gasteiger partial charge in [0.1, 0.15) is 23.2 Å². The van der Waals surface area contributed by atoms with Crippen LogP contribution in [0, 0.1) is 11.3 Å². The molecule has 7 heteroatoms. The van der Waals surface area contributed by atoms with Gasteiger partial charge in [-0.1, -0.05) is 0 Å². The molecule has 2 aromatic rings. The Bertz CT molecular complexity index is 753. The fraction of sp³-hybridized carbons (Fsp3) is 0.154. The summed E-state index contributed by atoms with van der Waals surface area (Å²) in [5.74, 6) is 0.967. The van der Waals surface area contributed by atoms with Gasteiger partial charge in [0.15, 0.2) is 0 Å². The molecule has 0 spiro atoms. The molecule has 0 bridgehead atoms. The molecule has 1 aromatic carbocycles. The zero-order valence-electron chi connectivity index (χ0n) is 10.4. The van der Waals surface area contributed by atoms with Crippen molar-refractivity contribution in [2.24, 2.45) is 0 Å². The van der Waals surface area contributed by atoms with Gasteiger partial charge in [-0.05, 0) is 33.6 Å². The maximum Gasteiger partial charge on any atom is 0.222 e. The first-order valence-electron chi connectivity index (χ1n) is 5.89. The minimum absolute atomic E-state index is 0.0457. The van der Waals surface area contributed by atoms with Gasteiger partial charge in [-0.25, -0.2) is 4.98 Å². The molecule has 1 aromatic heterocycles. The normalized spacial score (nSPS) is 12.6. The third-order valence-corrected chi connectivity index (χ3v) is 3.67. The third kappa shape index (κ3) is 1.94. The van der Waals surface area contributed by atoms with E-state index in [1.807, 2.05) is 18.2 Å². The lowest BCUT2D eigenvalue weighted by Crippen LogP contribution is -2.05. The van der Waals surface area contributed by atoms with Gasteiger partial charge in [0.2, 0.25) is 5.95 Å². The molecule has 3 rings (SSSR count). The molecule has 0 aliphatic carbocycles. The van der Waals surface area contributed by atoms with Crippen LogP contribution in [0.1, 0.15) is 11.1 Å². The highest BCUT2D eigenvalue weighted by Gasteiger charge is 2.20. The summed E-state index contributed by atoms with van der Waals surface area (Å²) < 4.78 is 6.35. The van der Waals surface area contributed by atoms with E-state index >= 15 is 0 Å². The van der Waals surface area contributed by atoms with E-state index < -0.39 is 0 Å². The van der Waals surface area contributed by atoms with Crippen molar-refractivity contribution in [1.82, 2.24) is 9.97 Å². The highest BCUT2D eigenvalue weighted by atomic mass is 79.9. The Morgan fingerprint density at radius 2 is 2.10 bits per heavy atom. The maximum absolute atomic E-state index is 9.23. The van der Waals surface area contributed by atoms with Crippen LogP contribution in [0.4, 0.5) is 11.8 Å². The SMILES string of the molecule is N#Cc1c(N)nc(N)nc1-c1cc(Br)c2c(c1)CCO2. The average Bonchev–Trinajstić information content (AvgIpc) is 2.86. The van der Waals surface area contributed by atoms with Crippen LogP contribution >= 0.6 is 15.9 Å². The van der Waals surface area contributed by atoms with Crippen LogP contribution in [0.3, 0.4) is 0 Å². The van der Waals surface area contributed by atoms with E-state index in [-0.39, 0.29) is 17.3 Å². The lowest BCUT2D eigenvalue weighted by atomic mass is 10.0. The Morgan fingerprint density at radius 3 is 2.85 bits per heavy atom. The molecule has 0 fully saturated rings. The van der Waals surface area contributed by atoms with E-state index in [1.54, 1.807) is 0 Å². The number of fused-ring (bicyclic) bond motifs is 1. The summed E-state index contributed by atoms with van der Waals surface area (Å²) in [6.07, 6.45) is 0.819. The lowest BCUT2D eigenvalue weighted by molar-refractivity contribution is 0.355. The molecule has 0 saturated heterocycles. The largest absolute Gasteiger partial charge is 0.492 e. The van der Waals surface area contributed by atoms with Gasteiger partial charge in [-0.2, -0.15) is 10.2 Å². The molecule has 0 unspecified atom stereocenters. The summed E-state index contributed by atoms with van der Waals surface area (Å²) in [6.45, 7) is 0.649. The van der Waals surface area contributed by atoms with E-state index in [2.05, 4.69) is 25.9 Å². The van der Waals surface area contributed by atoms with Gasteiger partial charge in [0.05, 0.1) is 16.8 Å². The second-order valence-electron chi connectivity index (χ2n) is 4.35. The monoisotopic (exact) mass is 331 g/mol. The van der Waals surface area contributed by atoms with E-state index in [1.165, 1.54) is 0 Å². The molecule has 0 atom stereocenters. The van der Waals surface area contributed by atoms with Crippen molar-refractivity contribution >= 4 is 27.7 Å². The Morgan fingerprint density at radius 1 is 1.30 bits per heavy atom. The molecule has 0 radical (unpaired) electrons. The molecule has 1 aliphatic heterocycles. The zero-order chi connectivity index (χ0) is 14.3. The first kappa shape index (κ1) is 12.7. The highest BCUT2D eigenvalue weighted by molar-refractivity contribution is 9.10. The lowest BCUT2D eigenvalue weighted by Gasteiger charge is -2.09. The van der Waals surface area contributed by atoms with Crippen LogP contribution in [-0.4, -0.2) is 16.6 Å². The van der Waals surface area contributed by atoms with Gasteiger partial charge in [-0.3, -0.25) is 0 Å². The quantitative estimate of drug-likeness (QED) is 0.825. The number of hydrogen-bond donors (Lipinski definition) is 2. The smallest absolute Gasteiger partial charge is 0.222 e. The van der Waals surface area contributed by atoms with Crippen LogP contribution in [0.25, 0.3) is 11.3 Å². The number of ether oxygens (including phenoxy) is 1. The fourth-order valence-corrected chi connectivity index (χ4v) is 2.83. The molecule has 100 valence electrons. The predicted octanol–water partition coefficient (Wildman–Crippen LogP) is 1.88. The van der Waals surface area contributed by atoms with Gasteiger partial charge >= 0.3 is 0 Å². The minimum atomic E-state index is 0.0457. The number of aromatic nitrogens is 2. The van der Waals surface area contributed by atoms with Gasteiger partial charge < -0.3 is 16.2 Å². The second kappa shape index (κ2) is 4.65. The van der Waals surface area contributed by atoms with Crippen molar-refractivity contribution < 1.29 is 4.74 Å². The van der Waals surface area contributed by atoms with Crippen LogP contribution in [0.5, 0.6) is 5.75 Å². The van der Waals surface area contributed by atoms with Crippen LogP contribution in [0.15, 0.2) is 16.6 Å². The molecule has 2 heterocycles. The number of anilines is 2. The first-order chi connectivity index (χ1) is 9.60. The Hall–Kier alpha value is -2.33. The minimum Gasteiger partial charge on any atom is -0.492 e. The average molecular weight is 332 g/mol. The summed E-state index contributed by atoms with van der Waals surface area (Å²) >= 11 is 3.47. The number of nitrogens with zero attached hydrogens (tertiary/aromatic N) is 3. The number of rotatable bonds is 1. The third-order valence-electron chi connectivity index (χ3n) is 3.08.